The van der Waals surface area contributed by atoms with E-state index >= 15 is 0 Å². The van der Waals surface area contributed by atoms with E-state index in [0.29, 0.717) is 29.0 Å². The van der Waals surface area contributed by atoms with E-state index in [2.05, 4.69) is 15.5 Å². The number of pyridine rings is 1. The molecule has 0 aliphatic carbocycles. The van der Waals surface area contributed by atoms with Gasteiger partial charge in [0.25, 0.3) is 0 Å². The molecule has 2 heterocycles. The number of nitrogens with one attached hydrogen (secondary N) is 2. The van der Waals surface area contributed by atoms with Crippen LogP contribution in [-0.4, -0.2) is 10.1 Å². The second-order valence-electron chi connectivity index (χ2n) is 4.42. The van der Waals surface area contributed by atoms with Crippen molar-refractivity contribution in [2.24, 2.45) is 0 Å². The van der Waals surface area contributed by atoms with Gasteiger partial charge in [0.2, 0.25) is 0 Å². The Balaban J connectivity index is 1.82. The van der Waals surface area contributed by atoms with Crippen LogP contribution in [0.2, 0.25) is 5.02 Å². The van der Waals surface area contributed by atoms with Crippen molar-refractivity contribution in [2.45, 2.75) is 13.1 Å². The summed E-state index contributed by atoms with van der Waals surface area (Å²) in [6.07, 6.45) is 1.52. The molecule has 0 atom stereocenters. The molecule has 3 rings (SSSR count). The maximum atomic E-state index is 12.0. The standard InChI is InChI=1S/C14H12ClN3O2/c15-12-3-1-2-11-13(19)6-10(17-14(11)12)8-16-7-9-4-5-20-18-9/h1-6,16H,7-8H2,(H,17,19). The van der Waals surface area contributed by atoms with Crippen LogP contribution in [0.15, 0.2) is 45.9 Å². The van der Waals surface area contributed by atoms with E-state index in [-0.39, 0.29) is 5.43 Å². The lowest BCUT2D eigenvalue weighted by Crippen LogP contribution is -2.16. The molecule has 2 N–H and O–H groups in total. The molecule has 20 heavy (non-hydrogen) atoms. The van der Waals surface area contributed by atoms with Crippen molar-refractivity contribution >= 4 is 22.5 Å². The van der Waals surface area contributed by atoms with Gasteiger partial charge in [0.05, 0.1) is 16.2 Å². The second kappa shape index (κ2) is 5.48. The number of benzene rings is 1. The number of hydrogen-bond acceptors (Lipinski definition) is 4. The van der Waals surface area contributed by atoms with Crippen molar-refractivity contribution in [1.82, 2.24) is 15.5 Å². The second-order valence-corrected chi connectivity index (χ2v) is 4.82. The Morgan fingerprint density at radius 1 is 1.30 bits per heavy atom. The lowest BCUT2D eigenvalue weighted by molar-refractivity contribution is 0.408. The van der Waals surface area contributed by atoms with E-state index < -0.39 is 0 Å². The molecule has 0 fully saturated rings. The Morgan fingerprint density at radius 3 is 3.00 bits per heavy atom. The molecular formula is C14H12ClN3O2. The fourth-order valence-corrected chi connectivity index (χ4v) is 2.26. The number of aromatic amines is 1. The fraction of sp³-hybridized carbons (Fsp3) is 0.143. The molecule has 3 aromatic rings. The van der Waals surface area contributed by atoms with Gasteiger partial charge in [0.1, 0.15) is 6.26 Å². The maximum Gasteiger partial charge on any atom is 0.189 e. The van der Waals surface area contributed by atoms with E-state index in [1.165, 1.54) is 6.26 Å². The normalized spacial score (nSPS) is 11.1. The maximum absolute atomic E-state index is 12.0. The van der Waals surface area contributed by atoms with Crippen molar-refractivity contribution in [1.29, 1.82) is 0 Å². The van der Waals surface area contributed by atoms with Crippen LogP contribution in [0.1, 0.15) is 11.4 Å². The first-order valence-electron chi connectivity index (χ1n) is 6.14. The fourth-order valence-electron chi connectivity index (χ4n) is 2.04. The van der Waals surface area contributed by atoms with Crippen molar-refractivity contribution in [3.8, 4) is 0 Å². The highest BCUT2D eigenvalue weighted by Crippen LogP contribution is 2.18. The SMILES string of the molecule is O=c1cc(CNCc2ccon2)[nH]c2c(Cl)cccc12. The van der Waals surface area contributed by atoms with E-state index in [0.717, 1.165) is 11.4 Å². The average Bonchev–Trinajstić information content (AvgIpc) is 2.93. The molecule has 102 valence electrons. The van der Waals surface area contributed by atoms with Gasteiger partial charge >= 0.3 is 0 Å². The van der Waals surface area contributed by atoms with Gasteiger partial charge < -0.3 is 14.8 Å². The van der Waals surface area contributed by atoms with Crippen LogP contribution < -0.4 is 10.7 Å². The molecule has 0 aliphatic heterocycles. The Hall–Kier alpha value is -2.11. The summed E-state index contributed by atoms with van der Waals surface area (Å²) in [6.45, 7) is 1.09. The van der Waals surface area contributed by atoms with Gasteiger partial charge in [-0.15, -0.1) is 0 Å². The summed E-state index contributed by atoms with van der Waals surface area (Å²) >= 11 is 6.10. The number of para-hydroxylation sites is 1. The summed E-state index contributed by atoms with van der Waals surface area (Å²) in [7, 11) is 0. The van der Waals surface area contributed by atoms with Crippen LogP contribution in [0.4, 0.5) is 0 Å². The number of nitrogens with zero attached hydrogens (tertiary/aromatic N) is 1. The monoisotopic (exact) mass is 289 g/mol. The van der Waals surface area contributed by atoms with Gasteiger partial charge in [-0.05, 0) is 12.1 Å². The Bertz CT molecular complexity index is 781. The summed E-state index contributed by atoms with van der Waals surface area (Å²) in [5.74, 6) is 0. The van der Waals surface area contributed by atoms with Crippen molar-refractivity contribution in [3.05, 3.63) is 63.2 Å². The quantitative estimate of drug-likeness (QED) is 0.774. The lowest BCUT2D eigenvalue weighted by Gasteiger charge is -2.06. The zero-order valence-corrected chi connectivity index (χ0v) is 11.3. The topological polar surface area (TPSA) is 70.9 Å². The highest BCUT2D eigenvalue weighted by molar-refractivity contribution is 6.35. The molecule has 2 aromatic heterocycles. The van der Waals surface area contributed by atoms with Gasteiger partial charge in [0, 0.05) is 36.3 Å². The molecular weight excluding hydrogens is 278 g/mol. The van der Waals surface area contributed by atoms with Crippen LogP contribution in [0.5, 0.6) is 0 Å². The minimum atomic E-state index is -0.0421. The average molecular weight is 290 g/mol. The van der Waals surface area contributed by atoms with E-state index in [1.54, 1.807) is 30.3 Å². The third-order valence-electron chi connectivity index (χ3n) is 2.98. The summed E-state index contributed by atoms with van der Waals surface area (Å²) < 4.78 is 4.74. The molecule has 5 nitrogen and oxygen atoms in total. The number of H-pyrrole nitrogens is 1. The minimum Gasteiger partial charge on any atom is -0.364 e. The third kappa shape index (κ3) is 2.59. The minimum absolute atomic E-state index is 0.0421. The van der Waals surface area contributed by atoms with E-state index in [9.17, 15) is 4.79 Å². The van der Waals surface area contributed by atoms with Gasteiger partial charge in [-0.25, -0.2) is 0 Å². The molecule has 0 saturated heterocycles. The van der Waals surface area contributed by atoms with Gasteiger partial charge in [0.15, 0.2) is 5.43 Å². The predicted molar refractivity (Wildman–Crippen MR) is 76.6 cm³/mol. The van der Waals surface area contributed by atoms with Crippen molar-refractivity contribution in [3.63, 3.8) is 0 Å². The van der Waals surface area contributed by atoms with Crippen molar-refractivity contribution < 1.29 is 4.52 Å². The molecule has 0 saturated carbocycles. The highest BCUT2D eigenvalue weighted by Gasteiger charge is 2.05. The van der Waals surface area contributed by atoms with E-state index in [1.807, 2.05) is 0 Å². The zero-order valence-electron chi connectivity index (χ0n) is 10.5. The first-order chi connectivity index (χ1) is 9.74. The predicted octanol–water partition coefficient (Wildman–Crippen LogP) is 2.46. The van der Waals surface area contributed by atoms with E-state index in [4.69, 9.17) is 16.1 Å². The number of halogens is 1. The van der Waals surface area contributed by atoms with Gasteiger partial charge in [-0.3, -0.25) is 4.79 Å². The van der Waals surface area contributed by atoms with Gasteiger partial charge in [-0.2, -0.15) is 0 Å². The first kappa shape index (κ1) is 12.9. The van der Waals surface area contributed by atoms with Crippen LogP contribution in [0.3, 0.4) is 0 Å². The van der Waals surface area contributed by atoms with Crippen molar-refractivity contribution in [2.75, 3.05) is 0 Å². The molecule has 0 radical (unpaired) electrons. The zero-order chi connectivity index (χ0) is 13.9. The summed E-state index contributed by atoms with van der Waals surface area (Å²) in [5, 5.41) is 8.11. The number of fused-ring (bicyclic) bond motifs is 1. The summed E-state index contributed by atoms with van der Waals surface area (Å²) in [4.78, 5) is 15.2. The molecule has 6 heteroatoms. The molecule has 0 unspecified atom stereocenters. The number of hydrogen-bond donors (Lipinski definition) is 2. The highest BCUT2D eigenvalue weighted by atomic mass is 35.5. The third-order valence-corrected chi connectivity index (χ3v) is 3.30. The summed E-state index contributed by atoms with van der Waals surface area (Å²) in [6, 6.07) is 8.64. The number of rotatable bonds is 4. The molecule has 0 spiro atoms. The smallest absolute Gasteiger partial charge is 0.189 e. The Labute approximate surface area is 119 Å². The summed E-state index contributed by atoms with van der Waals surface area (Å²) in [5.41, 5.74) is 2.21. The number of aromatic nitrogens is 2. The van der Waals surface area contributed by atoms with Crippen LogP contribution in [0.25, 0.3) is 10.9 Å². The molecule has 0 aliphatic rings. The molecule has 0 amide bonds. The Morgan fingerprint density at radius 2 is 2.20 bits per heavy atom. The van der Waals surface area contributed by atoms with Gasteiger partial charge in [-0.1, -0.05) is 22.8 Å². The lowest BCUT2D eigenvalue weighted by atomic mass is 10.2. The molecule has 1 aromatic carbocycles. The van der Waals surface area contributed by atoms with Crippen LogP contribution in [0, 0.1) is 0 Å². The largest absolute Gasteiger partial charge is 0.364 e. The first-order valence-corrected chi connectivity index (χ1v) is 6.52. The molecule has 0 bridgehead atoms. The Kier molecular flexibility index (Phi) is 3.54. The van der Waals surface area contributed by atoms with Crippen LogP contribution >= 0.6 is 11.6 Å². The van der Waals surface area contributed by atoms with Crippen LogP contribution in [-0.2, 0) is 13.1 Å².